The lowest BCUT2D eigenvalue weighted by Gasteiger charge is -2.04. The quantitative estimate of drug-likeness (QED) is 0.782. The standard InChI is InChI=1S/C10H14N6O/c1-7-9(8(2)14-13-7)10(17)11-3-5-16-6-4-12-15-16/h4,6H,3,5H2,1-2H3,(H,11,17)(H,13,14). The van der Waals surface area contributed by atoms with Crippen LogP contribution in [0.25, 0.3) is 0 Å². The van der Waals surface area contributed by atoms with Crippen LogP contribution in [0.1, 0.15) is 21.7 Å². The van der Waals surface area contributed by atoms with Crippen LogP contribution in [0.3, 0.4) is 0 Å². The van der Waals surface area contributed by atoms with Gasteiger partial charge in [-0.25, -0.2) is 0 Å². The lowest BCUT2D eigenvalue weighted by molar-refractivity contribution is 0.0950. The Balaban J connectivity index is 1.90. The largest absolute Gasteiger partial charge is 0.350 e. The zero-order chi connectivity index (χ0) is 12.3. The second kappa shape index (κ2) is 4.77. The van der Waals surface area contributed by atoms with Crippen LogP contribution >= 0.6 is 0 Å². The average Bonchev–Trinajstić information content (AvgIpc) is 2.89. The van der Waals surface area contributed by atoms with Crippen LogP contribution in [0, 0.1) is 13.8 Å². The Bertz CT molecular complexity index is 481. The maximum absolute atomic E-state index is 11.9. The van der Waals surface area contributed by atoms with Crippen LogP contribution in [0.2, 0.25) is 0 Å². The van der Waals surface area contributed by atoms with Crippen molar-refractivity contribution in [1.82, 2.24) is 30.5 Å². The van der Waals surface area contributed by atoms with Crippen molar-refractivity contribution in [1.29, 1.82) is 0 Å². The van der Waals surface area contributed by atoms with Crippen molar-refractivity contribution in [3.63, 3.8) is 0 Å². The number of hydrogen-bond donors (Lipinski definition) is 2. The Morgan fingerprint density at radius 2 is 2.35 bits per heavy atom. The molecule has 2 heterocycles. The minimum atomic E-state index is -0.117. The molecule has 0 saturated carbocycles. The molecule has 0 saturated heterocycles. The van der Waals surface area contributed by atoms with Crippen molar-refractivity contribution in [3.05, 3.63) is 29.3 Å². The van der Waals surface area contributed by atoms with E-state index in [1.54, 1.807) is 24.0 Å². The van der Waals surface area contributed by atoms with E-state index < -0.39 is 0 Å². The summed E-state index contributed by atoms with van der Waals surface area (Å²) in [6, 6.07) is 0. The van der Waals surface area contributed by atoms with E-state index in [0.29, 0.717) is 24.3 Å². The monoisotopic (exact) mass is 234 g/mol. The Morgan fingerprint density at radius 1 is 1.53 bits per heavy atom. The number of carbonyl (C=O) groups is 1. The summed E-state index contributed by atoms with van der Waals surface area (Å²) in [7, 11) is 0. The van der Waals surface area contributed by atoms with Gasteiger partial charge in [-0.3, -0.25) is 14.6 Å². The van der Waals surface area contributed by atoms with Crippen LogP contribution in [0.15, 0.2) is 12.4 Å². The molecule has 0 atom stereocenters. The Kier molecular flexibility index (Phi) is 3.17. The summed E-state index contributed by atoms with van der Waals surface area (Å²) in [6.07, 6.45) is 3.35. The maximum atomic E-state index is 11.9. The summed E-state index contributed by atoms with van der Waals surface area (Å²) in [5.41, 5.74) is 2.10. The van der Waals surface area contributed by atoms with Gasteiger partial charge in [0.1, 0.15) is 0 Å². The smallest absolute Gasteiger partial charge is 0.255 e. The van der Waals surface area contributed by atoms with E-state index in [1.165, 1.54) is 0 Å². The molecule has 90 valence electrons. The lowest BCUT2D eigenvalue weighted by atomic mass is 10.2. The summed E-state index contributed by atoms with van der Waals surface area (Å²) in [5.74, 6) is -0.117. The van der Waals surface area contributed by atoms with E-state index in [4.69, 9.17) is 0 Å². The van der Waals surface area contributed by atoms with Crippen LogP contribution in [0.5, 0.6) is 0 Å². The predicted octanol–water partition coefficient (Wildman–Crippen LogP) is 0.0480. The summed E-state index contributed by atoms with van der Waals surface area (Å²) in [4.78, 5) is 11.9. The number of rotatable bonds is 4. The van der Waals surface area contributed by atoms with Gasteiger partial charge in [0.2, 0.25) is 0 Å². The average molecular weight is 234 g/mol. The van der Waals surface area contributed by atoms with E-state index in [2.05, 4.69) is 25.8 Å². The molecule has 0 aliphatic heterocycles. The third kappa shape index (κ3) is 2.49. The second-order valence-electron chi connectivity index (χ2n) is 3.73. The van der Waals surface area contributed by atoms with E-state index in [0.717, 1.165) is 5.69 Å². The number of nitrogens with one attached hydrogen (secondary N) is 2. The van der Waals surface area contributed by atoms with Crippen molar-refractivity contribution in [2.24, 2.45) is 0 Å². The number of amides is 1. The van der Waals surface area contributed by atoms with Crippen LogP contribution < -0.4 is 5.32 Å². The number of nitrogens with zero attached hydrogens (tertiary/aromatic N) is 4. The molecule has 7 heteroatoms. The molecule has 0 bridgehead atoms. The van der Waals surface area contributed by atoms with Gasteiger partial charge in [-0.1, -0.05) is 5.21 Å². The van der Waals surface area contributed by atoms with Gasteiger partial charge in [0, 0.05) is 18.4 Å². The van der Waals surface area contributed by atoms with Crippen molar-refractivity contribution in [2.75, 3.05) is 6.54 Å². The van der Waals surface area contributed by atoms with Gasteiger partial charge in [-0.05, 0) is 13.8 Å². The SMILES string of the molecule is Cc1n[nH]c(C)c1C(=O)NCCn1ccnn1. The van der Waals surface area contributed by atoms with Gasteiger partial charge in [-0.2, -0.15) is 5.10 Å². The van der Waals surface area contributed by atoms with Gasteiger partial charge in [-0.15, -0.1) is 5.10 Å². The molecule has 0 aliphatic rings. The highest BCUT2D eigenvalue weighted by Crippen LogP contribution is 2.08. The van der Waals surface area contributed by atoms with Gasteiger partial charge < -0.3 is 5.32 Å². The molecule has 1 amide bonds. The van der Waals surface area contributed by atoms with Crippen molar-refractivity contribution in [2.45, 2.75) is 20.4 Å². The number of hydrogen-bond acceptors (Lipinski definition) is 4. The number of H-pyrrole nitrogens is 1. The molecule has 2 aromatic heterocycles. The third-order valence-corrected chi connectivity index (χ3v) is 2.45. The molecule has 0 fully saturated rings. The normalized spacial score (nSPS) is 10.5. The Hall–Kier alpha value is -2.18. The maximum Gasteiger partial charge on any atom is 0.255 e. The summed E-state index contributed by atoms with van der Waals surface area (Å²) < 4.78 is 1.66. The van der Waals surface area contributed by atoms with E-state index in [1.807, 2.05) is 6.92 Å². The minimum absolute atomic E-state index is 0.117. The van der Waals surface area contributed by atoms with Gasteiger partial charge in [0.25, 0.3) is 5.91 Å². The third-order valence-electron chi connectivity index (χ3n) is 2.45. The molecule has 2 N–H and O–H groups in total. The zero-order valence-corrected chi connectivity index (χ0v) is 9.77. The minimum Gasteiger partial charge on any atom is -0.350 e. The molecule has 2 rings (SSSR count). The first-order chi connectivity index (χ1) is 8.18. The Labute approximate surface area is 98.2 Å². The Morgan fingerprint density at radius 3 is 2.94 bits per heavy atom. The fraction of sp³-hybridized carbons (Fsp3) is 0.400. The molecule has 17 heavy (non-hydrogen) atoms. The molecule has 0 aliphatic carbocycles. The topological polar surface area (TPSA) is 88.5 Å². The van der Waals surface area contributed by atoms with Crippen LogP contribution in [-0.2, 0) is 6.54 Å². The van der Waals surface area contributed by atoms with Crippen LogP contribution in [-0.4, -0.2) is 37.6 Å². The number of carbonyl (C=O) groups excluding carboxylic acids is 1. The molecule has 0 radical (unpaired) electrons. The highest BCUT2D eigenvalue weighted by molar-refractivity contribution is 5.96. The lowest BCUT2D eigenvalue weighted by Crippen LogP contribution is -2.28. The number of aromatic amines is 1. The molecule has 0 spiro atoms. The summed E-state index contributed by atoms with van der Waals surface area (Å²) in [6.45, 7) is 4.73. The number of aromatic nitrogens is 5. The molecule has 0 unspecified atom stereocenters. The summed E-state index contributed by atoms with van der Waals surface area (Å²) in [5, 5.41) is 17.1. The highest BCUT2D eigenvalue weighted by atomic mass is 16.1. The first-order valence-corrected chi connectivity index (χ1v) is 5.32. The van der Waals surface area contributed by atoms with Gasteiger partial charge in [0.05, 0.1) is 24.0 Å². The second-order valence-corrected chi connectivity index (χ2v) is 3.73. The molecular formula is C10H14N6O. The molecule has 2 aromatic rings. The van der Waals surface area contributed by atoms with Gasteiger partial charge >= 0.3 is 0 Å². The van der Waals surface area contributed by atoms with E-state index in [9.17, 15) is 4.79 Å². The van der Waals surface area contributed by atoms with Crippen molar-refractivity contribution >= 4 is 5.91 Å². The number of aryl methyl sites for hydroxylation is 2. The van der Waals surface area contributed by atoms with E-state index >= 15 is 0 Å². The predicted molar refractivity (Wildman–Crippen MR) is 60.4 cm³/mol. The van der Waals surface area contributed by atoms with Crippen LogP contribution in [0.4, 0.5) is 0 Å². The van der Waals surface area contributed by atoms with Crippen molar-refractivity contribution < 1.29 is 4.79 Å². The molecule has 0 aromatic carbocycles. The fourth-order valence-corrected chi connectivity index (χ4v) is 1.61. The first kappa shape index (κ1) is 11.3. The molecular weight excluding hydrogens is 220 g/mol. The first-order valence-electron chi connectivity index (χ1n) is 5.32. The highest BCUT2D eigenvalue weighted by Gasteiger charge is 2.14. The zero-order valence-electron chi connectivity index (χ0n) is 9.77. The van der Waals surface area contributed by atoms with E-state index in [-0.39, 0.29) is 5.91 Å². The van der Waals surface area contributed by atoms with Crippen molar-refractivity contribution in [3.8, 4) is 0 Å². The fourth-order valence-electron chi connectivity index (χ4n) is 1.61. The summed E-state index contributed by atoms with van der Waals surface area (Å²) >= 11 is 0. The van der Waals surface area contributed by atoms with Gasteiger partial charge in [0.15, 0.2) is 0 Å². The molecule has 7 nitrogen and oxygen atoms in total.